The normalized spacial score (nSPS) is 17.8. The third-order valence-corrected chi connectivity index (χ3v) is 2.03. The number of piperazine rings is 1. The lowest BCUT2D eigenvalue weighted by atomic mass is 10.3. The minimum absolute atomic E-state index is 0. The van der Waals surface area contributed by atoms with E-state index < -0.39 is 0 Å². The molecule has 0 bridgehead atoms. The number of carbonyl (C=O) groups is 1. The summed E-state index contributed by atoms with van der Waals surface area (Å²) in [6.45, 7) is 5.75. The number of nitrogens with zero attached hydrogens (tertiary/aromatic N) is 2. The highest BCUT2D eigenvalue weighted by molar-refractivity contribution is 5.67. The van der Waals surface area contributed by atoms with Crippen LogP contribution in [0, 0.1) is 0 Å². The van der Waals surface area contributed by atoms with Crippen molar-refractivity contribution in [3.05, 3.63) is 0 Å². The zero-order chi connectivity index (χ0) is 8.97. The van der Waals surface area contributed by atoms with E-state index in [9.17, 15) is 4.79 Å². The first-order chi connectivity index (χ1) is 5.74. The fourth-order valence-corrected chi connectivity index (χ4v) is 1.20. The SMILES string of the molecule is CCOC(=O)N1CCN(C)CC1.[Cl-]. The highest BCUT2D eigenvalue weighted by Gasteiger charge is 2.19. The number of ether oxygens (including phenoxy) is 1. The van der Waals surface area contributed by atoms with Crippen LogP contribution in [0.25, 0.3) is 0 Å². The summed E-state index contributed by atoms with van der Waals surface area (Å²) in [6.07, 6.45) is -0.175. The van der Waals surface area contributed by atoms with Gasteiger partial charge in [0.15, 0.2) is 0 Å². The van der Waals surface area contributed by atoms with Crippen molar-refractivity contribution in [1.82, 2.24) is 9.80 Å². The van der Waals surface area contributed by atoms with Crippen molar-refractivity contribution < 1.29 is 21.9 Å². The molecule has 78 valence electrons. The molecule has 0 aromatic rings. The van der Waals surface area contributed by atoms with E-state index in [1.807, 2.05) is 6.92 Å². The number of hydrogen-bond donors (Lipinski definition) is 0. The summed E-state index contributed by atoms with van der Waals surface area (Å²) in [6, 6.07) is 0. The molecule has 0 unspecified atom stereocenters. The van der Waals surface area contributed by atoms with Gasteiger partial charge < -0.3 is 26.9 Å². The number of carbonyl (C=O) groups excluding carboxylic acids is 1. The second-order valence-electron chi connectivity index (χ2n) is 2.99. The molecule has 13 heavy (non-hydrogen) atoms. The predicted molar refractivity (Wildman–Crippen MR) is 46.1 cm³/mol. The van der Waals surface area contributed by atoms with E-state index in [4.69, 9.17) is 4.74 Å². The Morgan fingerprint density at radius 3 is 2.31 bits per heavy atom. The number of amides is 1. The molecule has 1 rings (SSSR count). The summed E-state index contributed by atoms with van der Waals surface area (Å²) in [5, 5.41) is 0. The van der Waals surface area contributed by atoms with Gasteiger partial charge in [-0.1, -0.05) is 0 Å². The lowest BCUT2D eigenvalue weighted by molar-refractivity contribution is -0.0000112. The van der Waals surface area contributed by atoms with Crippen LogP contribution in [0.1, 0.15) is 6.92 Å². The Balaban J connectivity index is 0.00000144. The van der Waals surface area contributed by atoms with Gasteiger partial charge in [-0.05, 0) is 14.0 Å². The van der Waals surface area contributed by atoms with Crippen molar-refractivity contribution >= 4 is 6.09 Å². The molecule has 0 saturated carbocycles. The van der Waals surface area contributed by atoms with Crippen LogP contribution < -0.4 is 12.4 Å². The average molecular weight is 208 g/mol. The molecule has 0 atom stereocenters. The summed E-state index contributed by atoms with van der Waals surface area (Å²) in [5.41, 5.74) is 0. The lowest BCUT2D eigenvalue weighted by Crippen LogP contribution is -3.00. The molecular weight excluding hydrogens is 192 g/mol. The van der Waals surface area contributed by atoms with Crippen molar-refractivity contribution in [3.8, 4) is 0 Å². The summed E-state index contributed by atoms with van der Waals surface area (Å²) in [4.78, 5) is 15.1. The first-order valence-electron chi connectivity index (χ1n) is 4.34. The third-order valence-electron chi connectivity index (χ3n) is 2.03. The highest BCUT2D eigenvalue weighted by atomic mass is 35.5. The minimum atomic E-state index is -0.175. The molecule has 0 spiro atoms. The van der Waals surface area contributed by atoms with Gasteiger partial charge in [0.05, 0.1) is 6.61 Å². The van der Waals surface area contributed by atoms with Crippen molar-refractivity contribution in [1.29, 1.82) is 0 Å². The molecule has 0 aromatic carbocycles. The number of likely N-dealkylation sites (N-methyl/N-ethyl adjacent to an activating group) is 1. The van der Waals surface area contributed by atoms with Crippen molar-refractivity contribution in [3.63, 3.8) is 0 Å². The Bertz CT molecular complexity index is 158. The number of hydrogen-bond acceptors (Lipinski definition) is 3. The molecule has 5 heteroatoms. The van der Waals surface area contributed by atoms with Crippen LogP contribution in [0.3, 0.4) is 0 Å². The zero-order valence-corrected chi connectivity index (χ0v) is 8.88. The lowest BCUT2D eigenvalue weighted by Gasteiger charge is -2.31. The molecule has 1 aliphatic rings. The molecule has 0 aromatic heterocycles. The average Bonchev–Trinajstić information content (AvgIpc) is 2.06. The first kappa shape index (κ1) is 12.5. The number of rotatable bonds is 1. The summed E-state index contributed by atoms with van der Waals surface area (Å²) in [7, 11) is 2.06. The van der Waals surface area contributed by atoms with Gasteiger partial charge in [-0.3, -0.25) is 0 Å². The molecular formula is C8H16ClN2O2-. The van der Waals surface area contributed by atoms with Crippen LogP contribution in [0.4, 0.5) is 4.79 Å². The van der Waals surface area contributed by atoms with E-state index in [0.717, 1.165) is 26.2 Å². The summed E-state index contributed by atoms with van der Waals surface area (Å²) < 4.78 is 4.89. The summed E-state index contributed by atoms with van der Waals surface area (Å²) >= 11 is 0. The van der Waals surface area contributed by atoms with E-state index in [0.29, 0.717) is 6.61 Å². The van der Waals surface area contributed by atoms with Crippen LogP contribution in [-0.4, -0.2) is 55.7 Å². The van der Waals surface area contributed by atoms with Crippen LogP contribution in [0.2, 0.25) is 0 Å². The largest absolute Gasteiger partial charge is 1.00 e. The molecule has 1 saturated heterocycles. The quantitative estimate of drug-likeness (QED) is 0.473. The molecule has 1 amide bonds. The molecule has 0 N–H and O–H groups in total. The maximum atomic E-state index is 11.2. The molecule has 1 aliphatic heterocycles. The summed E-state index contributed by atoms with van der Waals surface area (Å²) in [5.74, 6) is 0. The monoisotopic (exact) mass is 207 g/mol. The smallest absolute Gasteiger partial charge is 0.409 e. The topological polar surface area (TPSA) is 32.8 Å². The van der Waals surface area contributed by atoms with Gasteiger partial charge in [0.25, 0.3) is 0 Å². The van der Waals surface area contributed by atoms with Gasteiger partial charge in [-0.2, -0.15) is 0 Å². The third kappa shape index (κ3) is 3.83. The van der Waals surface area contributed by atoms with Gasteiger partial charge in [0, 0.05) is 26.2 Å². The van der Waals surface area contributed by atoms with Crippen LogP contribution in [0.5, 0.6) is 0 Å². The zero-order valence-electron chi connectivity index (χ0n) is 8.12. The Labute approximate surface area is 85.2 Å². The second kappa shape index (κ2) is 6.05. The highest BCUT2D eigenvalue weighted by Crippen LogP contribution is 2.00. The Morgan fingerprint density at radius 1 is 1.31 bits per heavy atom. The van der Waals surface area contributed by atoms with Crippen LogP contribution in [-0.2, 0) is 4.74 Å². The maximum absolute atomic E-state index is 11.2. The standard InChI is InChI=1S/C8H16N2O2.ClH/c1-3-12-8(11)10-6-4-9(2)5-7-10;/h3-7H2,1-2H3;1H/p-1. The molecule has 1 heterocycles. The molecule has 0 radical (unpaired) electrons. The van der Waals surface area contributed by atoms with Gasteiger partial charge in [-0.25, -0.2) is 4.79 Å². The van der Waals surface area contributed by atoms with E-state index in [1.165, 1.54) is 0 Å². The molecule has 0 aliphatic carbocycles. The van der Waals surface area contributed by atoms with Crippen LogP contribution in [0.15, 0.2) is 0 Å². The van der Waals surface area contributed by atoms with Gasteiger partial charge in [0.2, 0.25) is 0 Å². The van der Waals surface area contributed by atoms with Gasteiger partial charge >= 0.3 is 6.09 Å². The predicted octanol–water partition coefficient (Wildman–Crippen LogP) is -2.61. The van der Waals surface area contributed by atoms with E-state index in [1.54, 1.807) is 4.90 Å². The second-order valence-corrected chi connectivity index (χ2v) is 2.99. The van der Waals surface area contributed by atoms with Gasteiger partial charge in [-0.15, -0.1) is 0 Å². The number of halogens is 1. The van der Waals surface area contributed by atoms with E-state index in [-0.39, 0.29) is 18.5 Å². The van der Waals surface area contributed by atoms with Crippen LogP contribution >= 0.6 is 0 Å². The van der Waals surface area contributed by atoms with Crippen molar-refractivity contribution in [2.45, 2.75) is 6.92 Å². The molecule has 1 fully saturated rings. The Morgan fingerprint density at radius 2 is 1.85 bits per heavy atom. The Kier molecular flexibility index (Phi) is 5.82. The fourth-order valence-electron chi connectivity index (χ4n) is 1.20. The first-order valence-corrected chi connectivity index (χ1v) is 4.34. The van der Waals surface area contributed by atoms with Gasteiger partial charge in [0.1, 0.15) is 0 Å². The Hall–Kier alpha value is -0.480. The van der Waals surface area contributed by atoms with Crippen molar-refractivity contribution in [2.75, 3.05) is 39.8 Å². The van der Waals surface area contributed by atoms with E-state index >= 15 is 0 Å². The maximum Gasteiger partial charge on any atom is 0.409 e. The van der Waals surface area contributed by atoms with Crippen molar-refractivity contribution in [2.24, 2.45) is 0 Å². The van der Waals surface area contributed by atoms with E-state index in [2.05, 4.69) is 11.9 Å². The fraction of sp³-hybridized carbons (Fsp3) is 0.875. The molecule has 4 nitrogen and oxygen atoms in total. The minimum Gasteiger partial charge on any atom is -1.00 e.